The number of thiophene rings is 3. The monoisotopic (exact) mass is 371 g/mol. The third-order valence-corrected chi connectivity index (χ3v) is 8.14. The van der Waals surface area contributed by atoms with Crippen molar-refractivity contribution >= 4 is 39.9 Å². The van der Waals surface area contributed by atoms with Crippen LogP contribution in [0, 0.1) is 0 Å². The first-order valence-electron chi connectivity index (χ1n) is 8.33. The smallest absolute Gasteiger partial charge is 0.264 e. The van der Waals surface area contributed by atoms with E-state index in [-0.39, 0.29) is 11.9 Å². The molecule has 24 heavy (non-hydrogen) atoms. The molecule has 2 nitrogen and oxygen atoms in total. The molecule has 0 radical (unpaired) electrons. The Morgan fingerprint density at radius 2 is 2.04 bits per heavy atom. The zero-order valence-electron chi connectivity index (χ0n) is 13.2. The normalized spacial score (nSPS) is 19.3. The standard InChI is InChI=1S/C19H17NOS3/c21-19(17-11-12-3-1-4-14(12)24-17)20-8-6-15-13(7-10-23-15)18(20)16-5-2-9-22-16/h2,5,7,9-11,18H,1,3-4,6,8H2/t18-/m0/s1. The van der Waals surface area contributed by atoms with Gasteiger partial charge in [-0.25, -0.2) is 0 Å². The second kappa shape index (κ2) is 5.83. The molecule has 0 aromatic carbocycles. The summed E-state index contributed by atoms with van der Waals surface area (Å²) in [6.07, 6.45) is 4.51. The van der Waals surface area contributed by atoms with Gasteiger partial charge < -0.3 is 4.90 Å². The van der Waals surface area contributed by atoms with Gasteiger partial charge in [-0.2, -0.15) is 0 Å². The Morgan fingerprint density at radius 3 is 2.88 bits per heavy atom. The summed E-state index contributed by atoms with van der Waals surface area (Å²) in [5.41, 5.74) is 2.73. The summed E-state index contributed by atoms with van der Waals surface area (Å²) < 4.78 is 0. The maximum atomic E-state index is 13.3. The van der Waals surface area contributed by atoms with E-state index in [1.807, 2.05) is 11.3 Å². The first-order valence-corrected chi connectivity index (χ1v) is 10.9. The minimum Gasteiger partial charge on any atom is -0.326 e. The molecule has 5 heteroatoms. The number of fused-ring (bicyclic) bond motifs is 2. The Labute approximate surface area is 153 Å². The molecule has 0 spiro atoms. The third-order valence-electron chi connectivity index (χ3n) is 5.00. The van der Waals surface area contributed by atoms with Crippen molar-refractivity contribution in [1.29, 1.82) is 0 Å². The van der Waals surface area contributed by atoms with E-state index in [0.717, 1.165) is 30.7 Å². The summed E-state index contributed by atoms with van der Waals surface area (Å²) >= 11 is 5.30. The van der Waals surface area contributed by atoms with Crippen LogP contribution in [-0.2, 0) is 19.3 Å². The molecule has 3 aromatic heterocycles. The third kappa shape index (κ3) is 2.30. The molecule has 0 bridgehead atoms. The van der Waals surface area contributed by atoms with Gasteiger partial charge in [0.25, 0.3) is 5.91 Å². The van der Waals surface area contributed by atoms with Crippen molar-refractivity contribution in [2.75, 3.05) is 6.54 Å². The summed E-state index contributed by atoms with van der Waals surface area (Å²) in [6, 6.07) is 8.70. The Balaban J connectivity index is 1.55. The Morgan fingerprint density at radius 1 is 1.08 bits per heavy atom. The number of carbonyl (C=O) groups excluding carboxylic acids is 1. The zero-order valence-corrected chi connectivity index (χ0v) is 15.6. The van der Waals surface area contributed by atoms with Crippen molar-refractivity contribution < 1.29 is 4.79 Å². The average molecular weight is 372 g/mol. The number of hydrogen-bond donors (Lipinski definition) is 0. The van der Waals surface area contributed by atoms with Crippen LogP contribution in [0.1, 0.15) is 47.9 Å². The summed E-state index contributed by atoms with van der Waals surface area (Å²) in [5.74, 6) is 0.213. The number of hydrogen-bond acceptors (Lipinski definition) is 4. The molecule has 5 rings (SSSR count). The molecule has 1 atom stereocenters. The lowest BCUT2D eigenvalue weighted by atomic mass is 9.98. The lowest BCUT2D eigenvalue weighted by Gasteiger charge is -2.35. The van der Waals surface area contributed by atoms with E-state index in [0.29, 0.717) is 0 Å². The maximum absolute atomic E-state index is 13.3. The van der Waals surface area contributed by atoms with E-state index >= 15 is 0 Å². The second-order valence-electron chi connectivity index (χ2n) is 6.38. The van der Waals surface area contributed by atoms with E-state index in [1.54, 1.807) is 22.7 Å². The summed E-state index contributed by atoms with van der Waals surface area (Å²) in [4.78, 5) is 20.5. The highest BCUT2D eigenvalue weighted by atomic mass is 32.1. The number of aryl methyl sites for hydroxylation is 2. The van der Waals surface area contributed by atoms with Gasteiger partial charge in [0.05, 0.1) is 10.9 Å². The molecule has 1 amide bonds. The van der Waals surface area contributed by atoms with E-state index in [9.17, 15) is 4.79 Å². The van der Waals surface area contributed by atoms with E-state index < -0.39 is 0 Å². The quantitative estimate of drug-likeness (QED) is 0.610. The highest BCUT2D eigenvalue weighted by molar-refractivity contribution is 7.14. The largest absolute Gasteiger partial charge is 0.326 e. The highest BCUT2D eigenvalue weighted by Crippen LogP contribution is 2.41. The van der Waals surface area contributed by atoms with Crippen LogP contribution >= 0.6 is 34.0 Å². The van der Waals surface area contributed by atoms with Crippen LogP contribution in [0.2, 0.25) is 0 Å². The average Bonchev–Trinajstić information content (AvgIpc) is 3.36. The van der Waals surface area contributed by atoms with Crippen molar-refractivity contribution in [2.45, 2.75) is 31.7 Å². The molecule has 1 aliphatic heterocycles. The minimum atomic E-state index is 0.0874. The number of nitrogens with zero attached hydrogens (tertiary/aromatic N) is 1. The van der Waals surface area contributed by atoms with Crippen molar-refractivity contribution in [3.05, 3.63) is 65.7 Å². The van der Waals surface area contributed by atoms with Crippen molar-refractivity contribution in [3.8, 4) is 0 Å². The van der Waals surface area contributed by atoms with Gasteiger partial charge in [-0.1, -0.05) is 6.07 Å². The molecule has 2 aliphatic rings. The van der Waals surface area contributed by atoms with Crippen LogP contribution in [0.5, 0.6) is 0 Å². The van der Waals surface area contributed by atoms with Crippen LogP contribution in [0.3, 0.4) is 0 Å². The number of amides is 1. The van der Waals surface area contributed by atoms with Crippen LogP contribution in [-0.4, -0.2) is 17.4 Å². The molecule has 122 valence electrons. The first kappa shape index (κ1) is 14.9. The summed E-state index contributed by atoms with van der Waals surface area (Å²) in [6.45, 7) is 0.817. The first-order chi connectivity index (χ1) is 11.8. The molecular weight excluding hydrogens is 354 g/mol. The Bertz CT molecular complexity index is 868. The minimum absolute atomic E-state index is 0.0874. The topological polar surface area (TPSA) is 20.3 Å². The fourth-order valence-corrected chi connectivity index (χ4v) is 6.83. The molecule has 1 aliphatic carbocycles. The highest BCUT2D eigenvalue weighted by Gasteiger charge is 2.34. The molecule has 0 unspecified atom stereocenters. The van der Waals surface area contributed by atoms with E-state index in [2.05, 4.69) is 39.9 Å². The van der Waals surface area contributed by atoms with Gasteiger partial charge >= 0.3 is 0 Å². The van der Waals surface area contributed by atoms with Crippen LogP contribution < -0.4 is 0 Å². The molecule has 0 fully saturated rings. The SMILES string of the molecule is O=C(c1cc2c(s1)CCC2)N1CCc2sccc2[C@H]1c1cccs1. The molecule has 0 N–H and O–H groups in total. The number of rotatable bonds is 2. The van der Waals surface area contributed by atoms with Crippen LogP contribution in [0.25, 0.3) is 0 Å². The van der Waals surface area contributed by atoms with Gasteiger partial charge in [0.2, 0.25) is 0 Å². The molecule has 4 heterocycles. The Hall–Kier alpha value is -1.43. The van der Waals surface area contributed by atoms with Crippen LogP contribution in [0.4, 0.5) is 0 Å². The molecular formula is C19H17NOS3. The van der Waals surface area contributed by atoms with Crippen LogP contribution in [0.15, 0.2) is 35.0 Å². The van der Waals surface area contributed by atoms with Gasteiger partial charge in [0, 0.05) is 21.2 Å². The summed E-state index contributed by atoms with van der Waals surface area (Å²) in [5, 5.41) is 4.28. The predicted molar refractivity (Wildman–Crippen MR) is 102 cm³/mol. The lowest BCUT2D eigenvalue weighted by Crippen LogP contribution is -2.39. The Kier molecular flexibility index (Phi) is 3.61. The van der Waals surface area contributed by atoms with Crippen molar-refractivity contribution in [1.82, 2.24) is 4.90 Å². The van der Waals surface area contributed by atoms with Crippen molar-refractivity contribution in [2.24, 2.45) is 0 Å². The van der Waals surface area contributed by atoms with E-state index in [4.69, 9.17) is 0 Å². The van der Waals surface area contributed by atoms with Gasteiger partial charge in [-0.05, 0) is 65.8 Å². The lowest BCUT2D eigenvalue weighted by molar-refractivity contribution is 0.0703. The molecule has 0 saturated carbocycles. The van der Waals surface area contributed by atoms with Gasteiger partial charge in [0.1, 0.15) is 0 Å². The fraction of sp³-hybridized carbons (Fsp3) is 0.316. The van der Waals surface area contributed by atoms with E-state index in [1.165, 1.54) is 32.2 Å². The number of carbonyl (C=O) groups is 1. The molecule has 3 aromatic rings. The predicted octanol–water partition coefficient (Wildman–Crippen LogP) is 5.15. The summed E-state index contributed by atoms with van der Waals surface area (Å²) in [7, 11) is 0. The molecule has 0 saturated heterocycles. The maximum Gasteiger partial charge on any atom is 0.264 e. The zero-order chi connectivity index (χ0) is 16.1. The fourth-order valence-electron chi connectivity index (χ4n) is 3.86. The van der Waals surface area contributed by atoms with Crippen molar-refractivity contribution in [3.63, 3.8) is 0 Å². The second-order valence-corrected chi connectivity index (χ2v) is 9.49. The van der Waals surface area contributed by atoms with Gasteiger partial charge in [-0.3, -0.25) is 4.79 Å². The van der Waals surface area contributed by atoms with Gasteiger partial charge in [-0.15, -0.1) is 34.0 Å². The van der Waals surface area contributed by atoms with Gasteiger partial charge in [0.15, 0.2) is 0 Å².